The minimum absolute atomic E-state index is 0.0722. The van der Waals surface area contributed by atoms with Gasteiger partial charge in [-0.15, -0.1) is 11.8 Å². The molecule has 0 saturated carbocycles. The number of rotatable bonds is 15. The third kappa shape index (κ3) is 8.47. The molecule has 0 bridgehead atoms. The summed E-state index contributed by atoms with van der Waals surface area (Å²) >= 11 is 1.47. The molecule has 0 saturated heterocycles. The predicted molar refractivity (Wildman–Crippen MR) is 216 cm³/mol. The number of benzene rings is 3. The van der Waals surface area contributed by atoms with Crippen LogP contribution < -0.4 is 10.1 Å². The van der Waals surface area contributed by atoms with E-state index in [1.165, 1.54) is 36.3 Å². The number of ketones is 1. The molecule has 3 aromatic carbocycles. The summed E-state index contributed by atoms with van der Waals surface area (Å²) in [6, 6.07) is 23.4. The molecule has 0 radical (unpaired) electrons. The number of Topliss-reactive ketones (excluding diaryl/α,β-unsaturated/α-hetero) is 1. The smallest absolute Gasteiger partial charge is 0.433 e. The number of carbonyl (C=O) groups excluding carboxylic acids is 1. The molecule has 59 heavy (non-hydrogen) atoms. The van der Waals surface area contributed by atoms with E-state index in [0.29, 0.717) is 90.3 Å². The molecule has 0 amide bonds. The van der Waals surface area contributed by atoms with Crippen molar-refractivity contribution in [2.75, 3.05) is 37.4 Å². The van der Waals surface area contributed by atoms with Crippen LogP contribution in [0.15, 0.2) is 101 Å². The zero-order valence-electron chi connectivity index (χ0n) is 32.2. The fraction of sp³-hybridized carbons (Fsp3) is 0.326. The Balaban J connectivity index is 0.868. The van der Waals surface area contributed by atoms with E-state index in [0.717, 1.165) is 16.5 Å². The average Bonchev–Trinajstić information content (AvgIpc) is 3.82. The topological polar surface area (TPSA) is 129 Å². The minimum Gasteiger partial charge on any atom is -0.491 e. The quantitative estimate of drug-likeness (QED) is 0.0599. The number of ether oxygens (including phenoxy) is 2. The van der Waals surface area contributed by atoms with Crippen molar-refractivity contribution in [3.8, 4) is 5.75 Å². The Bertz CT molecular complexity index is 2500. The number of anilines is 1. The highest BCUT2D eigenvalue weighted by Crippen LogP contribution is 2.45. The van der Waals surface area contributed by atoms with Crippen molar-refractivity contribution in [3.63, 3.8) is 0 Å². The molecule has 0 aliphatic carbocycles. The molecule has 0 fully saturated rings. The van der Waals surface area contributed by atoms with Gasteiger partial charge < -0.3 is 24.5 Å². The maximum atomic E-state index is 14.7. The van der Waals surface area contributed by atoms with Gasteiger partial charge in [0.15, 0.2) is 5.78 Å². The van der Waals surface area contributed by atoms with Gasteiger partial charge >= 0.3 is 6.18 Å². The Morgan fingerprint density at radius 1 is 0.983 bits per heavy atom. The molecule has 306 valence electrons. The van der Waals surface area contributed by atoms with Crippen LogP contribution in [0.1, 0.15) is 70.4 Å². The van der Waals surface area contributed by atoms with Crippen LogP contribution in [0.2, 0.25) is 0 Å². The van der Waals surface area contributed by atoms with Gasteiger partial charge in [-0.25, -0.2) is 14.4 Å². The van der Waals surface area contributed by atoms with Crippen LogP contribution in [0.4, 0.5) is 23.2 Å². The van der Waals surface area contributed by atoms with Crippen LogP contribution in [-0.4, -0.2) is 73.0 Å². The summed E-state index contributed by atoms with van der Waals surface area (Å²) in [5.74, 6) is 0.427. The summed E-state index contributed by atoms with van der Waals surface area (Å²) in [4.78, 5) is 26.8. The Hall–Kier alpha value is -5.58. The number of aliphatic hydroxyl groups is 1. The van der Waals surface area contributed by atoms with E-state index in [-0.39, 0.29) is 17.8 Å². The summed E-state index contributed by atoms with van der Waals surface area (Å²) in [6.07, 6.45) is -1.81. The lowest BCUT2D eigenvalue weighted by Crippen LogP contribution is -2.37. The van der Waals surface area contributed by atoms with Gasteiger partial charge in [0.05, 0.1) is 41.0 Å². The number of nitrogens with zero attached hydrogens (tertiary/aromatic N) is 6. The number of aliphatic imine (C=N–C) groups is 1. The number of nitrogens with one attached hydrogen (secondary N) is 1. The summed E-state index contributed by atoms with van der Waals surface area (Å²) < 4.78 is 70.6. The van der Waals surface area contributed by atoms with Gasteiger partial charge in [-0.1, -0.05) is 30.3 Å². The summed E-state index contributed by atoms with van der Waals surface area (Å²) in [5, 5.41) is 19.3. The molecule has 6 aromatic rings. The summed E-state index contributed by atoms with van der Waals surface area (Å²) in [7, 11) is 1.80. The largest absolute Gasteiger partial charge is 0.491 e. The number of halogens is 4. The number of pyridine rings is 1. The first kappa shape index (κ1) is 40.2. The van der Waals surface area contributed by atoms with Crippen molar-refractivity contribution in [1.82, 2.24) is 24.3 Å². The zero-order chi connectivity index (χ0) is 41.3. The fourth-order valence-corrected chi connectivity index (χ4v) is 8.64. The SMILES string of the molecule is Cn1ncnc1[C@H]1C2=NCC(=O)c3cc(F)cc(c32)N[C@@H]1c1ccc(OCCOCCCCn2c(C(C)(O)CSc3ccccc3)cc3nc(C(F)(F)F)ccc32)cc1. The van der Waals surface area contributed by atoms with E-state index >= 15 is 0 Å². The van der Waals surface area contributed by atoms with Crippen molar-refractivity contribution < 1.29 is 36.9 Å². The van der Waals surface area contributed by atoms with E-state index < -0.39 is 35.2 Å². The molecule has 5 heterocycles. The average molecular weight is 828 g/mol. The molecular formula is C43H41F4N7O4S. The lowest BCUT2D eigenvalue weighted by atomic mass is 9.78. The fourth-order valence-electron chi connectivity index (χ4n) is 7.70. The first-order valence-corrected chi connectivity index (χ1v) is 20.2. The van der Waals surface area contributed by atoms with E-state index in [1.54, 1.807) is 24.7 Å². The van der Waals surface area contributed by atoms with Gasteiger partial charge in [-0.3, -0.25) is 14.5 Å². The van der Waals surface area contributed by atoms with Gasteiger partial charge in [0.25, 0.3) is 0 Å². The van der Waals surface area contributed by atoms with Crippen LogP contribution in [-0.2, 0) is 30.1 Å². The molecule has 2 N–H and O–H groups in total. The van der Waals surface area contributed by atoms with Crippen molar-refractivity contribution in [2.24, 2.45) is 12.0 Å². The van der Waals surface area contributed by atoms with Crippen LogP contribution in [0.5, 0.6) is 5.75 Å². The molecular weight excluding hydrogens is 787 g/mol. The first-order valence-electron chi connectivity index (χ1n) is 19.2. The Morgan fingerprint density at radius 2 is 1.78 bits per heavy atom. The van der Waals surface area contributed by atoms with Gasteiger partial charge in [0, 0.05) is 47.7 Å². The number of hydrogen-bond acceptors (Lipinski definition) is 10. The van der Waals surface area contributed by atoms with E-state index in [4.69, 9.17) is 9.47 Å². The number of fused-ring (bicyclic) bond motifs is 1. The predicted octanol–water partition coefficient (Wildman–Crippen LogP) is 8.13. The van der Waals surface area contributed by atoms with Gasteiger partial charge in [0.2, 0.25) is 0 Å². The number of unbranched alkanes of at least 4 members (excludes halogenated alkanes) is 1. The molecule has 3 aromatic heterocycles. The van der Waals surface area contributed by atoms with E-state index in [2.05, 4.69) is 25.4 Å². The number of thioether (sulfide) groups is 1. The molecule has 11 nitrogen and oxygen atoms in total. The third-order valence-corrected chi connectivity index (χ3v) is 11.8. The monoisotopic (exact) mass is 827 g/mol. The maximum Gasteiger partial charge on any atom is 0.433 e. The summed E-state index contributed by atoms with van der Waals surface area (Å²) in [6.45, 7) is 3.11. The van der Waals surface area contributed by atoms with Crippen LogP contribution in [0.3, 0.4) is 0 Å². The van der Waals surface area contributed by atoms with Crippen LogP contribution in [0.25, 0.3) is 11.0 Å². The van der Waals surface area contributed by atoms with Crippen molar-refractivity contribution in [2.45, 2.75) is 54.9 Å². The lowest BCUT2D eigenvalue weighted by molar-refractivity contribution is -0.140. The first-order chi connectivity index (χ1) is 28.4. The van der Waals surface area contributed by atoms with Crippen molar-refractivity contribution >= 4 is 40.0 Å². The second-order valence-corrected chi connectivity index (χ2v) is 15.8. The summed E-state index contributed by atoms with van der Waals surface area (Å²) in [5.41, 5.74) is 1.81. The van der Waals surface area contributed by atoms with E-state index in [1.807, 2.05) is 59.2 Å². The number of hydrogen-bond donors (Lipinski definition) is 2. The Labute approximate surface area is 341 Å². The molecule has 3 atom stereocenters. The second-order valence-electron chi connectivity index (χ2n) is 14.7. The van der Waals surface area contributed by atoms with Crippen LogP contribution >= 0.6 is 11.8 Å². The van der Waals surface area contributed by atoms with Gasteiger partial charge in [-0.2, -0.15) is 18.3 Å². The lowest BCUT2D eigenvalue weighted by Gasteiger charge is -2.37. The normalized spacial score (nSPS) is 17.3. The second kappa shape index (κ2) is 16.6. The number of alkyl halides is 3. The maximum absolute atomic E-state index is 14.7. The van der Waals surface area contributed by atoms with Crippen molar-refractivity contribution in [3.05, 3.63) is 131 Å². The highest BCUT2D eigenvalue weighted by molar-refractivity contribution is 7.99. The highest BCUT2D eigenvalue weighted by Gasteiger charge is 2.42. The Kier molecular flexibility index (Phi) is 11.3. The highest BCUT2D eigenvalue weighted by atomic mass is 32.2. The zero-order valence-corrected chi connectivity index (χ0v) is 33.1. The standard InChI is InChI=1S/C43H41F4N7O4S/c1-42(56,24-59-29-8-4-3-5-9-29)36-22-31-33(14-15-35(51-31)43(45,46)47)54(36)16-6-7-17-57-18-19-58-28-12-10-26(11-13-28)39-38(41-49-25-50-53(41)2)40-37-30(34(55)23-48-40)20-27(44)21-32(37)52-39/h3-5,8-15,20-22,25,38-39,52,56H,6-7,16-19,23-24H2,1-2H3/t38-,39-,42?/m1/s1. The van der Waals surface area contributed by atoms with Gasteiger partial charge in [0.1, 0.15) is 48.2 Å². The number of carbonyl (C=O) groups is 1. The van der Waals surface area contributed by atoms with Crippen molar-refractivity contribution in [1.29, 1.82) is 0 Å². The van der Waals surface area contributed by atoms with Gasteiger partial charge in [-0.05, 0) is 79.9 Å². The molecule has 0 spiro atoms. The number of aromatic nitrogens is 5. The molecule has 2 aliphatic rings. The molecule has 2 aliphatic heterocycles. The third-order valence-electron chi connectivity index (χ3n) is 10.5. The Morgan fingerprint density at radius 3 is 2.53 bits per heavy atom. The van der Waals surface area contributed by atoms with Crippen LogP contribution in [0, 0.1) is 5.82 Å². The molecule has 8 rings (SSSR count). The van der Waals surface area contributed by atoms with E-state index in [9.17, 15) is 27.5 Å². The number of aryl methyl sites for hydroxylation is 2. The minimum atomic E-state index is -4.59. The molecule has 1 unspecified atom stereocenters. The molecule has 16 heteroatoms.